The highest BCUT2D eigenvalue weighted by Gasteiger charge is 2.29. The molecule has 0 radical (unpaired) electrons. The lowest BCUT2D eigenvalue weighted by Crippen LogP contribution is -2.31. The van der Waals surface area contributed by atoms with E-state index in [0.29, 0.717) is 34.2 Å². The highest BCUT2D eigenvalue weighted by molar-refractivity contribution is 7.99. The van der Waals surface area contributed by atoms with Gasteiger partial charge in [-0.2, -0.15) is 0 Å². The number of oxazole rings is 1. The largest absolute Gasteiger partial charge is 0.465 e. The van der Waals surface area contributed by atoms with Crippen LogP contribution in [-0.4, -0.2) is 24.0 Å². The minimum absolute atomic E-state index is 0.164. The first-order valence-electron chi connectivity index (χ1n) is 10.4. The van der Waals surface area contributed by atoms with Gasteiger partial charge in [-0.15, -0.1) is 0 Å². The number of carbonyl (C=O) groups is 2. The molecule has 2 heterocycles. The molecule has 0 bridgehead atoms. The van der Waals surface area contributed by atoms with Gasteiger partial charge in [-0.25, -0.2) is 9.78 Å². The van der Waals surface area contributed by atoms with E-state index in [0.717, 1.165) is 15.4 Å². The van der Waals surface area contributed by atoms with Crippen molar-refractivity contribution in [2.45, 2.75) is 23.3 Å². The lowest BCUT2D eigenvalue weighted by Gasteiger charge is -2.22. The van der Waals surface area contributed by atoms with Crippen molar-refractivity contribution in [3.8, 4) is 11.5 Å². The van der Waals surface area contributed by atoms with Crippen molar-refractivity contribution in [1.82, 2.24) is 4.98 Å². The Hall–Kier alpha value is -3.84. The van der Waals surface area contributed by atoms with Crippen molar-refractivity contribution >= 4 is 29.3 Å². The predicted octanol–water partition coefficient (Wildman–Crippen LogP) is 5.75. The number of benzene rings is 3. The molecule has 6 nitrogen and oxygen atoms in total. The van der Waals surface area contributed by atoms with Crippen molar-refractivity contribution in [2.24, 2.45) is 0 Å². The van der Waals surface area contributed by atoms with Gasteiger partial charge in [-0.3, -0.25) is 4.79 Å². The van der Waals surface area contributed by atoms with Gasteiger partial charge in [-0.05, 0) is 49.4 Å². The van der Waals surface area contributed by atoms with Crippen LogP contribution in [0.5, 0.6) is 0 Å². The van der Waals surface area contributed by atoms with Crippen LogP contribution < -0.4 is 4.90 Å². The summed E-state index contributed by atoms with van der Waals surface area (Å²) >= 11 is 1.50. The van der Waals surface area contributed by atoms with E-state index in [2.05, 4.69) is 4.98 Å². The molecular weight excluding hydrogens is 436 g/mol. The Labute approximate surface area is 195 Å². The van der Waals surface area contributed by atoms with Crippen LogP contribution in [0.25, 0.3) is 11.5 Å². The molecule has 1 aliphatic heterocycles. The van der Waals surface area contributed by atoms with Crippen molar-refractivity contribution in [3.05, 3.63) is 95.4 Å². The number of amides is 1. The topological polar surface area (TPSA) is 72.6 Å². The van der Waals surface area contributed by atoms with E-state index in [4.69, 9.17) is 9.15 Å². The van der Waals surface area contributed by atoms with Crippen molar-refractivity contribution in [1.29, 1.82) is 0 Å². The Morgan fingerprint density at radius 2 is 1.79 bits per heavy atom. The zero-order valence-electron chi connectivity index (χ0n) is 18.1. The number of carbonyl (C=O) groups excluding carboxylic acids is 2. The summed E-state index contributed by atoms with van der Waals surface area (Å²) in [6.07, 6.45) is 0. The Bertz CT molecular complexity index is 1360. The van der Waals surface area contributed by atoms with Crippen LogP contribution in [-0.2, 0) is 11.3 Å². The van der Waals surface area contributed by atoms with E-state index in [9.17, 15) is 9.59 Å². The van der Waals surface area contributed by atoms with E-state index >= 15 is 0 Å². The van der Waals surface area contributed by atoms with Gasteiger partial charge in [0, 0.05) is 15.4 Å². The molecule has 1 amide bonds. The van der Waals surface area contributed by atoms with Crippen LogP contribution >= 0.6 is 11.8 Å². The molecule has 0 aliphatic carbocycles. The fraction of sp³-hybridized carbons (Fsp3) is 0.115. The maximum Gasteiger partial charge on any atom is 0.337 e. The molecule has 33 heavy (non-hydrogen) atoms. The van der Waals surface area contributed by atoms with Gasteiger partial charge in [0.25, 0.3) is 5.91 Å². The molecule has 0 fully saturated rings. The molecule has 0 saturated carbocycles. The van der Waals surface area contributed by atoms with E-state index in [-0.39, 0.29) is 12.5 Å². The third kappa shape index (κ3) is 3.91. The lowest BCUT2D eigenvalue weighted by atomic mass is 10.1. The molecule has 0 saturated heterocycles. The fourth-order valence-electron chi connectivity index (χ4n) is 3.75. The second-order valence-corrected chi connectivity index (χ2v) is 8.64. The van der Waals surface area contributed by atoms with Gasteiger partial charge >= 0.3 is 5.97 Å². The first-order chi connectivity index (χ1) is 16.0. The quantitative estimate of drug-likeness (QED) is 0.364. The predicted molar refractivity (Wildman–Crippen MR) is 126 cm³/mol. The monoisotopic (exact) mass is 456 g/mol. The third-order valence-electron chi connectivity index (χ3n) is 5.47. The van der Waals surface area contributed by atoms with Gasteiger partial charge in [0.05, 0.1) is 30.5 Å². The zero-order valence-corrected chi connectivity index (χ0v) is 18.9. The highest BCUT2D eigenvalue weighted by atomic mass is 32.2. The molecule has 3 aromatic carbocycles. The Morgan fingerprint density at radius 1 is 1.03 bits per heavy atom. The van der Waals surface area contributed by atoms with E-state index < -0.39 is 5.97 Å². The first kappa shape index (κ1) is 21.0. The van der Waals surface area contributed by atoms with E-state index in [1.54, 1.807) is 17.0 Å². The molecule has 5 rings (SSSR count). The van der Waals surface area contributed by atoms with Crippen LogP contribution in [0, 0.1) is 6.92 Å². The van der Waals surface area contributed by atoms with E-state index in [1.807, 2.05) is 67.6 Å². The van der Waals surface area contributed by atoms with Gasteiger partial charge in [0.2, 0.25) is 5.89 Å². The fourth-order valence-corrected chi connectivity index (χ4v) is 4.81. The van der Waals surface area contributed by atoms with Crippen LogP contribution in [0.1, 0.15) is 32.2 Å². The van der Waals surface area contributed by atoms with Crippen molar-refractivity contribution in [2.75, 3.05) is 12.0 Å². The third-order valence-corrected chi connectivity index (χ3v) is 6.62. The minimum atomic E-state index is -0.457. The molecule has 0 atom stereocenters. The van der Waals surface area contributed by atoms with Crippen molar-refractivity contribution < 1.29 is 18.7 Å². The summed E-state index contributed by atoms with van der Waals surface area (Å²) < 4.78 is 10.8. The maximum absolute atomic E-state index is 13.7. The molecular formula is C26H20N2O4S. The molecule has 7 heteroatoms. The standard InChI is InChI=1S/C26H20N2O4S/c1-16-20(27-24(32-16)17-8-4-3-5-9-17)15-28-21-14-18(26(30)31-2)12-13-23(21)33-22-11-7-6-10-19(22)25(28)29/h3-14H,15H2,1-2H3. The number of ether oxygens (including phenoxy) is 1. The van der Waals surface area contributed by atoms with Gasteiger partial charge in [0.1, 0.15) is 11.5 Å². The van der Waals surface area contributed by atoms with Crippen LogP contribution in [0.15, 0.2) is 87.0 Å². The average Bonchev–Trinajstić information content (AvgIpc) is 3.17. The number of fused-ring (bicyclic) bond motifs is 2. The number of anilines is 1. The normalized spacial score (nSPS) is 12.7. The number of hydrogen-bond donors (Lipinski definition) is 0. The molecule has 4 aromatic rings. The summed E-state index contributed by atoms with van der Waals surface area (Å²) in [7, 11) is 1.34. The van der Waals surface area contributed by atoms with Gasteiger partial charge < -0.3 is 14.1 Å². The minimum Gasteiger partial charge on any atom is -0.465 e. The highest BCUT2D eigenvalue weighted by Crippen LogP contribution is 2.42. The molecule has 164 valence electrons. The number of esters is 1. The second kappa shape index (κ2) is 8.60. The summed E-state index contributed by atoms with van der Waals surface area (Å²) in [6.45, 7) is 2.04. The molecule has 0 spiro atoms. The summed E-state index contributed by atoms with van der Waals surface area (Å²) in [6, 6.07) is 22.4. The Morgan fingerprint density at radius 3 is 2.58 bits per heavy atom. The number of aryl methyl sites for hydroxylation is 1. The van der Waals surface area contributed by atoms with Gasteiger partial charge in [0.15, 0.2) is 0 Å². The van der Waals surface area contributed by atoms with Gasteiger partial charge in [-0.1, -0.05) is 42.1 Å². The molecule has 1 aromatic heterocycles. The van der Waals surface area contributed by atoms with Crippen LogP contribution in [0.2, 0.25) is 0 Å². The number of rotatable bonds is 4. The first-order valence-corrected chi connectivity index (χ1v) is 11.2. The molecule has 0 N–H and O–H groups in total. The number of aromatic nitrogens is 1. The van der Waals surface area contributed by atoms with Crippen molar-refractivity contribution in [3.63, 3.8) is 0 Å². The Kier molecular flexibility index (Phi) is 5.48. The zero-order chi connectivity index (χ0) is 22.9. The summed E-state index contributed by atoms with van der Waals surface area (Å²) in [5.74, 6) is 0.518. The SMILES string of the molecule is COC(=O)c1ccc2c(c1)N(Cc1nc(-c3ccccc3)oc1C)C(=O)c1ccccc1S2. The second-order valence-electron chi connectivity index (χ2n) is 7.55. The summed E-state index contributed by atoms with van der Waals surface area (Å²) in [5.41, 5.74) is 3.13. The van der Waals surface area contributed by atoms with Crippen LogP contribution in [0.4, 0.5) is 5.69 Å². The molecule has 1 aliphatic rings. The summed E-state index contributed by atoms with van der Waals surface area (Å²) in [4.78, 5) is 33.9. The summed E-state index contributed by atoms with van der Waals surface area (Å²) in [5, 5.41) is 0. The smallest absolute Gasteiger partial charge is 0.337 e. The van der Waals surface area contributed by atoms with Crippen LogP contribution in [0.3, 0.4) is 0 Å². The average molecular weight is 457 g/mol. The number of hydrogen-bond acceptors (Lipinski definition) is 6. The number of nitrogens with zero attached hydrogens (tertiary/aromatic N) is 2. The van der Waals surface area contributed by atoms with E-state index in [1.165, 1.54) is 18.9 Å². The molecule has 0 unspecified atom stereocenters. The Balaban J connectivity index is 1.61. The lowest BCUT2D eigenvalue weighted by molar-refractivity contribution is 0.0600. The maximum atomic E-state index is 13.7. The number of methoxy groups -OCH3 is 1.